The Balaban J connectivity index is 1.46. The maximum Gasteiger partial charge on any atom is 0.276 e. The summed E-state index contributed by atoms with van der Waals surface area (Å²) in [5.74, 6) is -0.589. The Morgan fingerprint density at radius 3 is 2.55 bits per heavy atom. The topological polar surface area (TPSA) is 68.4 Å². The van der Waals surface area contributed by atoms with E-state index in [0.717, 1.165) is 11.1 Å². The SMILES string of the molecule is CCC(C(=O)NCCn1ccn2nc(-c3ccc(F)cc3)cc2c1=O)c1ccccc1. The summed E-state index contributed by atoms with van der Waals surface area (Å²) in [6.45, 7) is 2.68. The van der Waals surface area contributed by atoms with Crippen LogP contribution in [-0.2, 0) is 11.3 Å². The third-order valence-electron chi connectivity index (χ3n) is 5.32. The Hall–Kier alpha value is -3.74. The molecule has 7 heteroatoms. The molecule has 2 heterocycles. The number of benzene rings is 2. The first kappa shape index (κ1) is 20.5. The van der Waals surface area contributed by atoms with Gasteiger partial charge in [0.25, 0.3) is 5.56 Å². The van der Waals surface area contributed by atoms with Gasteiger partial charge in [0.15, 0.2) is 0 Å². The molecule has 1 amide bonds. The average Bonchev–Trinajstić information content (AvgIpc) is 3.22. The fourth-order valence-electron chi connectivity index (χ4n) is 3.64. The minimum Gasteiger partial charge on any atom is -0.354 e. The molecule has 0 bridgehead atoms. The number of halogens is 1. The summed E-state index contributed by atoms with van der Waals surface area (Å²) in [6.07, 6.45) is 4.05. The van der Waals surface area contributed by atoms with Crippen molar-refractivity contribution >= 4 is 11.4 Å². The second-order valence-electron chi connectivity index (χ2n) is 7.33. The van der Waals surface area contributed by atoms with Crippen molar-refractivity contribution in [3.63, 3.8) is 0 Å². The number of fused-ring (bicyclic) bond motifs is 1. The van der Waals surface area contributed by atoms with Gasteiger partial charge in [0.2, 0.25) is 5.91 Å². The standard InChI is InChI=1S/C24H23FN4O2/c1-2-20(17-6-4-3-5-7-17)23(30)26-12-13-28-14-15-29-22(24(28)31)16-21(27-29)18-8-10-19(25)11-9-18/h3-11,14-16,20H,2,12-13H2,1H3,(H,26,30). The van der Waals surface area contributed by atoms with Crippen molar-refractivity contribution in [3.05, 3.63) is 94.8 Å². The number of carbonyl (C=O) groups excluding carboxylic acids is 1. The Morgan fingerprint density at radius 1 is 1.10 bits per heavy atom. The Labute approximate surface area is 179 Å². The quantitative estimate of drug-likeness (QED) is 0.499. The van der Waals surface area contributed by atoms with Crippen LogP contribution in [0.5, 0.6) is 0 Å². The zero-order valence-corrected chi connectivity index (χ0v) is 17.2. The molecular weight excluding hydrogens is 395 g/mol. The van der Waals surface area contributed by atoms with Gasteiger partial charge >= 0.3 is 0 Å². The van der Waals surface area contributed by atoms with Gasteiger partial charge in [-0.3, -0.25) is 9.59 Å². The van der Waals surface area contributed by atoms with Gasteiger partial charge in [0.1, 0.15) is 11.3 Å². The van der Waals surface area contributed by atoms with Crippen molar-refractivity contribution in [2.75, 3.05) is 6.54 Å². The predicted octanol–water partition coefficient (Wildman–Crippen LogP) is 3.61. The molecule has 1 unspecified atom stereocenters. The van der Waals surface area contributed by atoms with Crippen LogP contribution in [0.4, 0.5) is 4.39 Å². The first-order valence-electron chi connectivity index (χ1n) is 10.2. The van der Waals surface area contributed by atoms with Crippen LogP contribution < -0.4 is 10.9 Å². The van der Waals surface area contributed by atoms with E-state index in [1.165, 1.54) is 16.6 Å². The van der Waals surface area contributed by atoms with Gasteiger partial charge in [-0.2, -0.15) is 5.10 Å². The molecular formula is C24H23FN4O2. The van der Waals surface area contributed by atoms with E-state index in [4.69, 9.17) is 0 Å². The lowest BCUT2D eigenvalue weighted by Crippen LogP contribution is -2.34. The molecule has 2 aromatic heterocycles. The monoisotopic (exact) mass is 418 g/mol. The maximum absolute atomic E-state index is 13.2. The first-order chi connectivity index (χ1) is 15.1. The molecule has 1 atom stereocenters. The highest BCUT2D eigenvalue weighted by atomic mass is 19.1. The zero-order chi connectivity index (χ0) is 21.8. The lowest BCUT2D eigenvalue weighted by atomic mass is 9.96. The van der Waals surface area contributed by atoms with Crippen LogP contribution in [0.2, 0.25) is 0 Å². The van der Waals surface area contributed by atoms with Gasteiger partial charge in [0, 0.05) is 31.0 Å². The normalized spacial score (nSPS) is 12.1. The third-order valence-corrected chi connectivity index (χ3v) is 5.32. The van der Waals surface area contributed by atoms with E-state index < -0.39 is 0 Å². The van der Waals surface area contributed by atoms with Crippen LogP contribution in [0.25, 0.3) is 16.8 Å². The molecule has 0 fully saturated rings. The molecule has 0 aliphatic heterocycles. The highest BCUT2D eigenvalue weighted by molar-refractivity contribution is 5.83. The largest absolute Gasteiger partial charge is 0.354 e. The molecule has 1 N–H and O–H groups in total. The summed E-state index contributed by atoms with van der Waals surface area (Å²) in [5.41, 5.74) is 2.52. The zero-order valence-electron chi connectivity index (χ0n) is 17.2. The second-order valence-corrected chi connectivity index (χ2v) is 7.33. The molecule has 4 aromatic rings. The Bertz CT molecular complexity index is 1250. The van der Waals surface area contributed by atoms with Crippen LogP contribution in [-0.4, -0.2) is 26.6 Å². The van der Waals surface area contributed by atoms with Gasteiger partial charge in [-0.25, -0.2) is 8.91 Å². The minimum absolute atomic E-state index is 0.0502. The summed E-state index contributed by atoms with van der Waals surface area (Å²) in [6, 6.07) is 17.3. The highest BCUT2D eigenvalue weighted by Crippen LogP contribution is 2.20. The van der Waals surface area contributed by atoms with Crippen LogP contribution >= 0.6 is 0 Å². The van der Waals surface area contributed by atoms with Gasteiger partial charge in [-0.1, -0.05) is 37.3 Å². The van der Waals surface area contributed by atoms with Crippen molar-refractivity contribution in [2.24, 2.45) is 0 Å². The molecule has 0 saturated heterocycles. The van der Waals surface area contributed by atoms with E-state index in [9.17, 15) is 14.0 Å². The fraction of sp³-hybridized carbons (Fsp3) is 0.208. The molecule has 0 aliphatic rings. The van der Waals surface area contributed by atoms with E-state index in [-0.39, 0.29) is 23.2 Å². The highest BCUT2D eigenvalue weighted by Gasteiger charge is 2.18. The smallest absolute Gasteiger partial charge is 0.276 e. The van der Waals surface area contributed by atoms with E-state index in [0.29, 0.717) is 30.7 Å². The summed E-state index contributed by atoms with van der Waals surface area (Å²) in [7, 11) is 0. The van der Waals surface area contributed by atoms with Crippen molar-refractivity contribution in [1.82, 2.24) is 19.5 Å². The van der Waals surface area contributed by atoms with Gasteiger partial charge in [-0.05, 0) is 42.3 Å². The summed E-state index contributed by atoms with van der Waals surface area (Å²) in [4.78, 5) is 25.5. The maximum atomic E-state index is 13.2. The number of nitrogens with zero attached hydrogens (tertiary/aromatic N) is 3. The van der Waals surface area contributed by atoms with Gasteiger partial charge in [0.05, 0.1) is 11.6 Å². The molecule has 6 nitrogen and oxygen atoms in total. The van der Waals surface area contributed by atoms with Crippen molar-refractivity contribution in [3.8, 4) is 11.3 Å². The molecule has 0 radical (unpaired) electrons. The molecule has 2 aromatic carbocycles. The van der Waals surface area contributed by atoms with Gasteiger partial charge in [-0.15, -0.1) is 0 Å². The number of carbonyl (C=O) groups is 1. The molecule has 4 rings (SSSR count). The molecule has 31 heavy (non-hydrogen) atoms. The van der Waals surface area contributed by atoms with E-state index in [2.05, 4.69) is 10.4 Å². The van der Waals surface area contributed by atoms with Gasteiger partial charge < -0.3 is 9.88 Å². The number of nitrogens with one attached hydrogen (secondary N) is 1. The number of amides is 1. The van der Waals surface area contributed by atoms with Crippen molar-refractivity contribution in [2.45, 2.75) is 25.8 Å². The molecule has 0 spiro atoms. The summed E-state index contributed by atoms with van der Waals surface area (Å²) >= 11 is 0. The number of rotatable bonds is 7. The summed E-state index contributed by atoms with van der Waals surface area (Å²) in [5, 5.41) is 7.34. The van der Waals surface area contributed by atoms with Crippen LogP contribution in [0.1, 0.15) is 24.8 Å². The number of aromatic nitrogens is 3. The number of hydrogen-bond acceptors (Lipinski definition) is 3. The summed E-state index contributed by atoms with van der Waals surface area (Å²) < 4.78 is 16.2. The molecule has 0 aliphatic carbocycles. The van der Waals surface area contributed by atoms with Crippen molar-refractivity contribution < 1.29 is 9.18 Å². The third kappa shape index (κ3) is 4.40. The van der Waals surface area contributed by atoms with E-state index in [1.54, 1.807) is 35.2 Å². The fourth-order valence-corrected chi connectivity index (χ4v) is 3.64. The average molecular weight is 418 g/mol. The number of hydrogen-bond donors (Lipinski definition) is 1. The second kappa shape index (κ2) is 8.95. The molecule has 158 valence electrons. The predicted molar refractivity (Wildman–Crippen MR) is 117 cm³/mol. The molecule has 0 saturated carbocycles. The lowest BCUT2D eigenvalue weighted by Gasteiger charge is -2.15. The van der Waals surface area contributed by atoms with Crippen LogP contribution in [0, 0.1) is 5.82 Å². The first-order valence-corrected chi connectivity index (χ1v) is 10.2. The lowest BCUT2D eigenvalue weighted by molar-refractivity contribution is -0.122. The van der Waals surface area contributed by atoms with E-state index >= 15 is 0 Å². The van der Waals surface area contributed by atoms with Crippen LogP contribution in [0.3, 0.4) is 0 Å². The van der Waals surface area contributed by atoms with E-state index in [1.807, 2.05) is 37.3 Å². The Morgan fingerprint density at radius 2 is 1.84 bits per heavy atom. The van der Waals surface area contributed by atoms with Crippen molar-refractivity contribution in [1.29, 1.82) is 0 Å². The van der Waals surface area contributed by atoms with Crippen LogP contribution in [0.15, 0.2) is 77.9 Å². The Kier molecular flexibility index (Phi) is 5.93. The minimum atomic E-state index is -0.325.